The zero-order valence-corrected chi connectivity index (χ0v) is 16.4. The van der Waals surface area contributed by atoms with Crippen LogP contribution in [-0.2, 0) is 16.0 Å². The highest BCUT2D eigenvalue weighted by atomic mass is 16.4. The predicted molar refractivity (Wildman–Crippen MR) is 106 cm³/mol. The summed E-state index contributed by atoms with van der Waals surface area (Å²) in [5.74, 6) is -0.762. The second-order valence-corrected chi connectivity index (χ2v) is 6.69. The summed E-state index contributed by atoms with van der Waals surface area (Å²) in [6.45, 7) is 5.19. The molecule has 2 aromatic heterocycles. The topological polar surface area (TPSA) is 74.9 Å². The summed E-state index contributed by atoms with van der Waals surface area (Å²) in [5, 5.41) is 7.42. The van der Waals surface area contributed by atoms with E-state index >= 15 is 0 Å². The molecule has 1 N–H and O–H groups in total. The van der Waals surface area contributed by atoms with Crippen molar-refractivity contribution >= 4 is 17.5 Å². The molecule has 0 aliphatic heterocycles. The second-order valence-electron chi connectivity index (χ2n) is 6.69. The molecule has 0 radical (unpaired) electrons. The molecule has 0 spiro atoms. The highest BCUT2D eigenvalue weighted by Gasteiger charge is 2.18. The highest BCUT2D eigenvalue weighted by Crippen LogP contribution is 2.26. The Labute approximate surface area is 159 Å². The number of aliphatic carboxylic acids is 1. The Balaban J connectivity index is 0.000000596. The van der Waals surface area contributed by atoms with Crippen molar-refractivity contribution in [2.75, 3.05) is 14.1 Å². The van der Waals surface area contributed by atoms with Crippen molar-refractivity contribution in [3.8, 4) is 11.3 Å². The van der Waals surface area contributed by atoms with Crippen LogP contribution in [0.15, 0.2) is 42.6 Å². The molecule has 2 heterocycles. The largest absolute Gasteiger partial charge is 0.481 e. The Morgan fingerprint density at radius 1 is 1.04 bits per heavy atom. The number of fused-ring (bicyclic) bond motifs is 1. The number of pyridine rings is 1. The number of nitrogens with zero attached hydrogens (tertiary/aromatic N) is 3. The first kappa shape index (κ1) is 20.2. The third-order valence-corrected chi connectivity index (χ3v) is 4.01. The second kappa shape index (κ2) is 8.49. The van der Waals surface area contributed by atoms with Crippen molar-refractivity contribution in [1.29, 1.82) is 0 Å². The average Bonchev–Trinajstić information content (AvgIpc) is 2.93. The summed E-state index contributed by atoms with van der Waals surface area (Å²) in [7, 11) is 3.56. The van der Waals surface area contributed by atoms with Gasteiger partial charge < -0.3 is 14.4 Å². The first-order chi connectivity index (χ1) is 12.7. The van der Waals surface area contributed by atoms with E-state index in [-0.39, 0.29) is 5.91 Å². The van der Waals surface area contributed by atoms with E-state index in [1.165, 1.54) is 5.56 Å². The minimum absolute atomic E-state index is 0.0710. The van der Waals surface area contributed by atoms with Gasteiger partial charge in [0.05, 0.1) is 17.8 Å². The van der Waals surface area contributed by atoms with Gasteiger partial charge >= 0.3 is 0 Å². The van der Waals surface area contributed by atoms with E-state index < -0.39 is 5.97 Å². The first-order valence-corrected chi connectivity index (χ1v) is 8.63. The molecule has 0 saturated carbocycles. The van der Waals surface area contributed by atoms with Crippen molar-refractivity contribution in [3.05, 3.63) is 59.4 Å². The van der Waals surface area contributed by atoms with E-state index in [4.69, 9.17) is 14.9 Å². The molecular formula is C21H25N3O3. The normalized spacial score (nSPS) is 10.3. The lowest BCUT2D eigenvalue weighted by Crippen LogP contribution is -2.24. The molecule has 1 amide bonds. The third-order valence-electron chi connectivity index (χ3n) is 4.01. The minimum Gasteiger partial charge on any atom is -0.481 e. The number of hydrogen-bond donors (Lipinski definition) is 1. The smallest absolute Gasteiger partial charge is 0.300 e. The van der Waals surface area contributed by atoms with Crippen LogP contribution < -0.4 is 0 Å². The van der Waals surface area contributed by atoms with Gasteiger partial charge in [-0.1, -0.05) is 35.9 Å². The van der Waals surface area contributed by atoms with Crippen LogP contribution in [0.3, 0.4) is 0 Å². The van der Waals surface area contributed by atoms with Gasteiger partial charge in [-0.15, -0.1) is 0 Å². The van der Waals surface area contributed by atoms with Crippen molar-refractivity contribution in [2.24, 2.45) is 0 Å². The Morgan fingerprint density at radius 2 is 1.59 bits per heavy atom. The molecule has 0 atom stereocenters. The van der Waals surface area contributed by atoms with E-state index in [9.17, 15) is 4.79 Å². The van der Waals surface area contributed by atoms with Gasteiger partial charge in [-0.05, 0) is 25.5 Å². The Morgan fingerprint density at radius 3 is 2.15 bits per heavy atom. The number of benzene rings is 1. The van der Waals surface area contributed by atoms with Gasteiger partial charge in [-0.2, -0.15) is 0 Å². The fraction of sp³-hybridized carbons (Fsp3) is 0.286. The quantitative estimate of drug-likeness (QED) is 0.770. The number of aryl methyl sites for hydroxylation is 2. The first-order valence-electron chi connectivity index (χ1n) is 8.63. The molecule has 6 nitrogen and oxygen atoms in total. The van der Waals surface area contributed by atoms with Crippen LogP contribution in [0.4, 0.5) is 0 Å². The van der Waals surface area contributed by atoms with Crippen LogP contribution in [-0.4, -0.2) is 45.4 Å². The van der Waals surface area contributed by atoms with Crippen LogP contribution in [0.25, 0.3) is 16.9 Å². The van der Waals surface area contributed by atoms with Gasteiger partial charge in [0, 0.05) is 32.8 Å². The molecule has 0 bridgehead atoms. The number of carboxylic acids is 1. The lowest BCUT2D eigenvalue weighted by molar-refractivity contribution is -0.134. The molecule has 6 heteroatoms. The minimum atomic E-state index is -0.833. The molecule has 3 aromatic rings. The van der Waals surface area contributed by atoms with E-state index in [0.29, 0.717) is 6.42 Å². The lowest BCUT2D eigenvalue weighted by Gasteiger charge is -2.11. The van der Waals surface area contributed by atoms with Gasteiger partial charge in [-0.25, -0.2) is 4.98 Å². The summed E-state index contributed by atoms with van der Waals surface area (Å²) >= 11 is 0. The van der Waals surface area contributed by atoms with Crippen LogP contribution >= 0.6 is 0 Å². The SMILES string of the molecule is CC(=O)O.Cc1ccc(-c2nc3ccc(C)cn3c2CC(=O)N(C)C)cc1. The zero-order chi connectivity index (χ0) is 20.1. The van der Waals surface area contributed by atoms with Gasteiger partial charge in [0.25, 0.3) is 5.97 Å². The Kier molecular flexibility index (Phi) is 6.34. The standard InChI is InChI=1S/C19H21N3O.C2H4O2/c1-13-5-8-15(9-6-13)19-16(11-18(23)21(3)4)22-12-14(2)7-10-17(22)20-19;1-2(3)4/h5-10,12H,11H2,1-4H3;1H3,(H,3,4). The summed E-state index contributed by atoms with van der Waals surface area (Å²) in [6.07, 6.45) is 2.37. The molecule has 0 saturated heterocycles. The van der Waals surface area contributed by atoms with E-state index in [2.05, 4.69) is 31.2 Å². The number of aromatic nitrogens is 2. The highest BCUT2D eigenvalue weighted by molar-refractivity contribution is 5.81. The predicted octanol–water partition coefficient (Wildman–Crippen LogP) is 3.34. The number of likely N-dealkylation sites (N-methyl/N-ethyl adjacent to an activating group) is 1. The number of amides is 1. The number of rotatable bonds is 3. The molecule has 0 unspecified atom stereocenters. The zero-order valence-electron chi connectivity index (χ0n) is 16.4. The van der Waals surface area contributed by atoms with Crippen LogP contribution in [0.5, 0.6) is 0 Å². The number of carboxylic acid groups (broad SMARTS) is 1. The molecule has 0 aliphatic rings. The van der Waals surface area contributed by atoms with E-state index in [1.54, 1.807) is 19.0 Å². The van der Waals surface area contributed by atoms with Crippen LogP contribution in [0, 0.1) is 13.8 Å². The van der Waals surface area contributed by atoms with Crippen LogP contribution in [0.1, 0.15) is 23.7 Å². The molecule has 1 aromatic carbocycles. The van der Waals surface area contributed by atoms with E-state index in [1.807, 2.05) is 29.7 Å². The monoisotopic (exact) mass is 367 g/mol. The van der Waals surface area contributed by atoms with Crippen molar-refractivity contribution in [3.63, 3.8) is 0 Å². The molecule has 0 aliphatic carbocycles. The third kappa shape index (κ3) is 5.17. The maximum Gasteiger partial charge on any atom is 0.300 e. The fourth-order valence-corrected chi connectivity index (χ4v) is 2.61. The number of carbonyl (C=O) groups excluding carboxylic acids is 1. The van der Waals surface area contributed by atoms with Gasteiger partial charge in [0.15, 0.2) is 0 Å². The molecular weight excluding hydrogens is 342 g/mol. The number of hydrogen-bond acceptors (Lipinski definition) is 3. The van der Waals surface area contributed by atoms with Crippen LogP contribution in [0.2, 0.25) is 0 Å². The average molecular weight is 367 g/mol. The number of imidazole rings is 1. The maximum absolute atomic E-state index is 12.3. The summed E-state index contributed by atoms with van der Waals surface area (Å²) in [5.41, 5.74) is 6.08. The van der Waals surface area contributed by atoms with Gasteiger partial charge in [0.1, 0.15) is 5.65 Å². The van der Waals surface area contributed by atoms with Crippen molar-refractivity contribution < 1.29 is 14.7 Å². The lowest BCUT2D eigenvalue weighted by atomic mass is 10.1. The summed E-state index contributed by atoms with van der Waals surface area (Å²) in [6, 6.07) is 12.3. The molecule has 0 fully saturated rings. The molecule has 3 rings (SSSR count). The molecule has 142 valence electrons. The Bertz CT molecular complexity index is 953. The summed E-state index contributed by atoms with van der Waals surface area (Å²) in [4.78, 5) is 27.6. The maximum atomic E-state index is 12.3. The van der Waals surface area contributed by atoms with Gasteiger partial charge in [-0.3, -0.25) is 9.59 Å². The Hall–Kier alpha value is -3.15. The number of carbonyl (C=O) groups is 2. The summed E-state index contributed by atoms with van der Waals surface area (Å²) < 4.78 is 2.03. The molecule has 27 heavy (non-hydrogen) atoms. The van der Waals surface area contributed by atoms with E-state index in [0.717, 1.165) is 35.1 Å². The van der Waals surface area contributed by atoms with Crippen molar-refractivity contribution in [1.82, 2.24) is 14.3 Å². The van der Waals surface area contributed by atoms with Gasteiger partial charge in [0.2, 0.25) is 5.91 Å². The van der Waals surface area contributed by atoms with Crippen molar-refractivity contribution in [2.45, 2.75) is 27.2 Å². The fourth-order valence-electron chi connectivity index (χ4n) is 2.61.